The Labute approximate surface area is 125 Å². The molecule has 0 bridgehead atoms. The van der Waals surface area contributed by atoms with E-state index in [2.05, 4.69) is 44.5 Å². The molecular formula is C13H15N5S2. The maximum absolute atomic E-state index is 4.62. The maximum atomic E-state index is 4.62. The summed E-state index contributed by atoms with van der Waals surface area (Å²) in [6.45, 7) is 0. The monoisotopic (exact) mass is 305 g/mol. The molecule has 104 valence electrons. The van der Waals surface area contributed by atoms with Crippen LogP contribution in [0.4, 0.5) is 5.69 Å². The summed E-state index contributed by atoms with van der Waals surface area (Å²) >= 11 is 3.29. The second kappa shape index (κ2) is 5.41. The van der Waals surface area contributed by atoms with Gasteiger partial charge in [-0.1, -0.05) is 11.3 Å². The highest BCUT2D eigenvalue weighted by molar-refractivity contribution is 7.97. The van der Waals surface area contributed by atoms with Gasteiger partial charge in [0.15, 0.2) is 5.82 Å². The minimum absolute atomic E-state index is 0.823. The van der Waals surface area contributed by atoms with Gasteiger partial charge in [0.2, 0.25) is 4.96 Å². The zero-order valence-electron chi connectivity index (χ0n) is 11.6. The van der Waals surface area contributed by atoms with Gasteiger partial charge in [-0.05, 0) is 30.5 Å². The van der Waals surface area contributed by atoms with E-state index in [-0.39, 0.29) is 0 Å². The highest BCUT2D eigenvalue weighted by Crippen LogP contribution is 2.27. The predicted molar refractivity (Wildman–Crippen MR) is 85.6 cm³/mol. The van der Waals surface area contributed by atoms with Crippen molar-refractivity contribution in [3.63, 3.8) is 0 Å². The van der Waals surface area contributed by atoms with Crippen molar-refractivity contribution in [3.05, 3.63) is 30.1 Å². The van der Waals surface area contributed by atoms with Gasteiger partial charge in [-0.3, -0.25) is 0 Å². The Morgan fingerprint density at radius 1 is 1.20 bits per heavy atom. The molecule has 20 heavy (non-hydrogen) atoms. The van der Waals surface area contributed by atoms with Crippen molar-refractivity contribution in [3.8, 4) is 10.6 Å². The quantitative estimate of drug-likeness (QED) is 0.742. The summed E-state index contributed by atoms with van der Waals surface area (Å²) < 4.78 is 1.84. The molecule has 0 atom stereocenters. The number of nitrogens with zero attached hydrogens (tertiary/aromatic N) is 5. The summed E-state index contributed by atoms with van der Waals surface area (Å²) in [6, 6.07) is 8.38. The van der Waals surface area contributed by atoms with E-state index in [1.54, 1.807) is 23.1 Å². The molecule has 0 unspecified atom stereocenters. The molecule has 2 heterocycles. The standard InChI is InChI=1S/C13H15N5S2/c1-17(2)10-6-4-9(5-7-10)12-16-18-11(8-19-3)14-15-13(18)20-12/h4-7H,8H2,1-3H3. The van der Waals surface area contributed by atoms with Crippen LogP contribution in [0, 0.1) is 0 Å². The zero-order chi connectivity index (χ0) is 14.1. The predicted octanol–water partition coefficient (Wildman–Crippen LogP) is 2.78. The fraction of sp³-hybridized carbons (Fsp3) is 0.308. The molecule has 0 radical (unpaired) electrons. The van der Waals surface area contributed by atoms with Crippen molar-refractivity contribution in [2.24, 2.45) is 0 Å². The molecule has 2 aromatic heterocycles. The summed E-state index contributed by atoms with van der Waals surface area (Å²) in [7, 11) is 4.07. The van der Waals surface area contributed by atoms with E-state index < -0.39 is 0 Å². The van der Waals surface area contributed by atoms with Gasteiger partial charge in [0.1, 0.15) is 5.01 Å². The smallest absolute Gasteiger partial charge is 0.235 e. The fourth-order valence-electron chi connectivity index (χ4n) is 1.90. The molecule has 0 aliphatic rings. The van der Waals surface area contributed by atoms with E-state index in [9.17, 15) is 0 Å². The molecule has 0 saturated heterocycles. The van der Waals surface area contributed by atoms with Crippen molar-refractivity contribution in [2.45, 2.75) is 5.75 Å². The van der Waals surface area contributed by atoms with Gasteiger partial charge in [-0.25, -0.2) is 0 Å². The lowest BCUT2D eigenvalue weighted by atomic mass is 10.2. The summed E-state index contributed by atoms with van der Waals surface area (Å²) in [5, 5.41) is 13.9. The average Bonchev–Trinajstić information content (AvgIpc) is 3.01. The first-order valence-corrected chi connectivity index (χ1v) is 8.38. The normalized spacial score (nSPS) is 11.2. The minimum Gasteiger partial charge on any atom is -0.378 e. The van der Waals surface area contributed by atoms with Crippen molar-refractivity contribution < 1.29 is 0 Å². The minimum atomic E-state index is 0.823. The number of thioether (sulfide) groups is 1. The van der Waals surface area contributed by atoms with Crippen LogP contribution in [-0.4, -0.2) is 40.2 Å². The first-order valence-electron chi connectivity index (χ1n) is 6.17. The molecule has 3 aromatic rings. The molecular weight excluding hydrogens is 290 g/mol. The first-order chi connectivity index (χ1) is 9.69. The molecule has 0 saturated carbocycles. The number of rotatable bonds is 4. The van der Waals surface area contributed by atoms with E-state index in [4.69, 9.17) is 0 Å². The molecule has 3 rings (SSSR count). The topological polar surface area (TPSA) is 46.3 Å². The third kappa shape index (κ3) is 2.38. The Bertz CT molecular complexity index is 714. The number of benzene rings is 1. The molecule has 0 N–H and O–H groups in total. The number of fused-ring (bicyclic) bond motifs is 1. The summed E-state index contributed by atoms with van der Waals surface area (Å²) in [4.78, 5) is 2.93. The Hall–Kier alpha value is -1.60. The van der Waals surface area contributed by atoms with Gasteiger partial charge in [0.25, 0.3) is 0 Å². The van der Waals surface area contributed by atoms with Crippen LogP contribution in [0.25, 0.3) is 15.5 Å². The SMILES string of the molecule is CSCc1nnc2sc(-c3ccc(N(C)C)cc3)nn12. The number of aromatic nitrogens is 4. The zero-order valence-corrected chi connectivity index (χ0v) is 13.2. The Morgan fingerprint density at radius 3 is 2.60 bits per heavy atom. The lowest BCUT2D eigenvalue weighted by molar-refractivity contribution is 0.888. The van der Waals surface area contributed by atoms with Crippen molar-refractivity contribution in [2.75, 3.05) is 25.3 Å². The van der Waals surface area contributed by atoms with E-state index in [0.29, 0.717) is 0 Å². The van der Waals surface area contributed by atoms with Crippen molar-refractivity contribution >= 4 is 33.7 Å². The lowest BCUT2D eigenvalue weighted by Crippen LogP contribution is -2.07. The van der Waals surface area contributed by atoms with Gasteiger partial charge < -0.3 is 4.90 Å². The number of anilines is 1. The largest absolute Gasteiger partial charge is 0.378 e. The molecule has 0 spiro atoms. The van der Waals surface area contributed by atoms with Crippen LogP contribution in [0.15, 0.2) is 24.3 Å². The second-order valence-electron chi connectivity index (χ2n) is 4.59. The van der Waals surface area contributed by atoms with Crippen LogP contribution >= 0.6 is 23.1 Å². The molecule has 5 nitrogen and oxygen atoms in total. The molecule has 1 aromatic carbocycles. The van der Waals surface area contributed by atoms with Crippen LogP contribution in [0.3, 0.4) is 0 Å². The van der Waals surface area contributed by atoms with Crippen LogP contribution < -0.4 is 4.90 Å². The van der Waals surface area contributed by atoms with Gasteiger partial charge in [-0.15, -0.1) is 10.2 Å². The summed E-state index contributed by atoms with van der Waals surface area (Å²) in [6.07, 6.45) is 2.05. The molecule has 0 aliphatic carbocycles. The maximum Gasteiger partial charge on any atom is 0.235 e. The Balaban J connectivity index is 1.97. The highest BCUT2D eigenvalue weighted by atomic mass is 32.2. The van der Waals surface area contributed by atoms with Crippen LogP contribution in [0.2, 0.25) is 0 Å². The van der Waals surface area contributed by atoms with Crippen molar-refractivity contribution in [1.82, 2.24) is 19.8 Å². The lowest BCUT2D eigenvalue weighted by Gasteiger charge is -2.11. The van der Waals surface area contributed by atoms with Crippen LogP contribution in [0.1, 0.15) is 5.82 Å². The first kappa shape index (κ1) is 13.4. The van der Waals surface area contributed by atoms with Gasteiger partial charge in [0, 0.05) is 25.3 Å². The third-order valence-corrected chi connectivity index (χ3v) is 4.45. The molecule has 7 heteroatoms. The van der Waals surface area contributed by atoms with E-state index >= 15 is 0 Å². The fourth-order valence-corrected chi connectivity index (χ4v) is 3.20. The van der Waals surface area contributed by atoms with E-state index in [0.717, 1.165) is 27.1 Å². The highest BCUT2D eigenvalue weighted by Gasteiger charge is 2.12. The van der Waals surface area contributed by atoms with Gasteiger partial charge >= 0.3 is 0 Å². The van der Waals surface area contributed by atoms with Crippen molar-refractivity contribution in [1.29, 1.82) is 0 Å². The van der Waals surface area contributed by atoms with Crippen LogP contribution in [-0.2, 0) is 5.75 Å². The molecule has 0 amide bonds. The van der Waals surface area contributed by atoms with E-state index in [1.165, 1.54) is 5.69 Å². The molecule has 0 fully saturated rings. The summed E-state index contributed by atoms with van der Waals surface area (Å²) in [5.74, 6) is 1.73. The molecule has 0 aliphatic heterocycles. The number of hydrogen-bond donors (Lipinski definition) is 0. The Kier molecular flexibility index (Phi) is 3.62. The third-order valence-electron chi connectivity index (χ3n) is 2.96. The van der Waals surface area contributed by atoms with E-state index in [1.807, 2.05) is 24.9 Å². The van der Waals surface area contributed by atoms with Gasteiger partial charge in [0.05, 0.1) is 5.75 Å². The average molecular weight is 305 g/mol. The second-order valence-corrected chi connectivity index (χ2v) is 6.41. The Morgan fingerprint density at radius 2 is 1.95 bits per heavy atom. The number of hydrogen-bond acceptors (Lipinski definition) is 6. The van der Waals surface area contributed by atoms with Gasteiger partial charge in [-0.2, -0.15) is 21.4 Å². The van der Waals surface area contributed by atoms with Crippen LogP contribution in [0.5, 0.6) is 0 Å². The summed E-state index contributed by atoms with van der Waals surface area (Å²) in [5.41, 5.74) is 2.29.